The van der Waals surface area contributed by atoms with E-state index >= 15 is 0 Å². The summed E-state index contributed by atoms with van der Waals surface area (Å²) in [6.07, 6.45) is 0.362. The van der Waals surface area contributed by atoms with Gasteiger partial charge >= 0.3 is 0 Å². The van der Waals surface area contributed by atoms with Crippen LogP contribution in [0, 0.1) is 0 Å². The molecule has 0 aliphatic carbocycles. The lowest BCUT2D eigenvalue weighted by atomic mass is 10.1. The first kappa shape index (κ1) is 14.7. The minimum absolute atomic E-state index is 0.326. The van der Waals surface area contributed by atoms with Gasteiger partial charge in [0, 0.05) is 24.5 Å². The highest BCUT2D eigenvalue weighted by Gasteiger charge is 2.11. The van der Waals surface area contributed by atoms with Crippen molar-refractivity contribution < 1.29 is 5.11 Å². The first-order valence-electron chi connectivity index (χ1n) is 6.58. The fourth-order valence-electron chi connectivity index (χ4n) is 2.06. The smallest absolute Gasteiger partial charge is 0.129 e. The molecule has 2 aromatic rings. The second kappa shape index (κ2) is 6.15. The van der Waals surface area contributed by atoms with Gasteiger partial charge in [0.2, 0.25) is 0 Å². The van der Waals surface area contributed by atoms with Crippen LogP contribution in [0.1, 0.15) is 18.9 Å². The van der Waals surface area contributed by atoms with Crippen LogP contribution in [0.3, 0.4) is 0 Å². The van der Waals surface area contributed by atoms with Crippen LogP contribution in [-0.2, 0) is 0 Å². The van der Waals surface area contributed by atoms with Crippen LogP contribution < -0.4 is 10.6 Å². The van der Waals surface area contributed by atoms with Crippen molar-refractivity contribution in [1.29, 1.82) is 0 Å². The lowest BCUT2D eigenvalue weighted by Crippen LogP contribution is -2.23. The predicted octanol–water partition coefficient (Wildman–Crippen LogP) is 2.08. The Bertz CT molecular complexity index is 628. The SMILES string of the molecule is CC(O)CCN(C)c1cc(C(N)=S)c2ccccc2n1. The van der Waals surface area contributed by atoms with Crippen LogP contribution in [0.5, 0.6) is 0 Å². The van der Waals surface area contributed by atoms with Crippen molar-refractivity contribution in [1.82, 2.24) is 4.98 Å². The summed E-state index contributed by atoms with van der Waals surface area (Å²) in [4.78, 5) is 7.00. The van der Waals surface area contributed by atoms with E-state index in [0.29, 0.717) is 11.4 Å². The molecular formula is C15H19N3OS. The molecule has 3 N–H and O–H groups in total. The van der Waals surface area contributed by atoms with Crippen molar-refractivity contribution in [3.63, 3.8) is 0 Å². The number of aliphatic hydroxyl groups excluding tert-OH is 1. The molecule has 2 rings (SSSR count). The number of nitrogens with zero attached hydrogens (tertiary/aromatic N) is 2. The van der Waals surface area contributed by atoms with Gasteiger partial charge in [-0.2, -0.15) is 0 Å². The molecule has 5 heteroatoms. The second-order valence-corrected chi connectivity index (χ2v) is 5.41. The van der Waals surface area contributed by atoms with Gasteiger partial charge in [-0.1, -0.05) is 30.4 Å². The third-order valence-electron chi connectivity index (χ3n) is 3.24. The van der Waals surface area contributed by atoms with E-state index in [2.05, 4.69) is 4.98 Å². The largest absolute Gasteiger partial charge is 0.393 e. The van der Waals surface area contributed by atoms with Gasteiger partial charge in [0.1, 0.15) is 10.8 Å². The van der Waals surface area contributed by atoms with Crippen LogP contribution in [0.25, 0.3) is 10.9 Å². The van der Waals surface area contributed by atoms with Crippen molar-refractivity contribution in [3.05, 3.63) is 35.9 Å². The first-order chi connectivity index (χ1) is 9.49. The summed E-state index contributed by atoms with van der Waals surface area (Å²) >= 11 is 5.13. The van der Waals surface area contributed by atoms with E-state index in [-0.39, 0.29) is 6.10 Å². The first-order valence-corrected chi connectivity index (χ1v) is 6.98. The average Bonchev–Trinajstić information content (AvgIpc) is 2.43. The molecule has 0 fully saturated rings. The molecule has 0 spiro atoms. The number of para-hydroxylation sites is 1. The van der Waals surface area contributed by atoms with Crippen LogP contribution >= 0.6 is 12.2 Å². The van der Waals surface area contributed by atoms with E-state index in [4.69, 9.17) is 18.0 Å². The summed E-state index contributed by atoms with van der Waals surface area (Å²) in [5, 5.41) is 10.3. The highest BCUT2D eigenvalue weighted by Crippen LogP contribution is 2.22. The molecule has 1 atom stereocenters. The van der Waals surface area contributed by atoms with Gasteiger partial charge in [-0.05, 0) is 25.5 Å². The highest BCUT2D eigenvalue weighted by atomic mass is 32.1. The maximum atomic E-state index is 9.37. The number of pyridine rings is 1. The summed E-state index contributed by atoms with van der Waals surface area (Å²) in [5.74, 6) is 0.812. The second-order valence-electron chi connectivity index (χ2n) is 4.97. The van der Waals surface area contributed by atoms with E-state index in [9.17, 15) is 5.11 Å². The third kappa shape index (κ3) is 3.23. The molecule has 0 saturated heterocycles. The minimum Gasteiger partial charge on any atom is -0.393 e. The number of benzene rings is 1. The molecule has 20 heavy (non-hydrogen) atoms. The Morgan fingerprint density at radius 3 is 2.80 bits per heavy atom. The van der Waals surface area contributed by atoms with Gasteiger partial charge in [0.15, 0.2) is 0 Å². The van der Waals surface area contributed by atoms with Crippen molar-refractivity contribution >= 4 is 33.9 Å². The number of hydrogen-bond acceptors (Lipinski definition) is 4. The Balaban J connectivity index is 2.42. The van der Waals surface area contributed by atoms with Gasteiger partial charge in [0.05, 0.1) is 11.6 Å². The number of aliphatic hydroxyl groups is 1. The Morgan fingerprint density at radius 2 is 2.15 bits per heavy atom. The summed E-state index contributed by atoms with van der Waals surface area (Å²) in [6, 6.07) is 9.72. The summed E-state index contributed by atoms with van der Waals surface area (Å²) in [6.45, 7) is 2.50. The Morgan fingerprint density at radius 1 is 1.45 bits per heavy atom. The maximum Gasteiger partial charge on any atom is 0.129 e. The number of thiocarbonyl (C=S) groups is 1. The van der Waals surface area contributed by atoms with Gasteiger partial charge < -0.3 is 15.7 Å². The van der Waals surface area contributed by atoms with Crippen molar-refractivity contribution in [2.75, 3.05) is 18.5 Å². The topological polar surface area (TPSA) is 62.4 Å². The number of anilines is 1. The van der Waals surface area contributed by atoms with Gasteiger partial charge in [0.25, 0.3) is 0 Å². The minimum atomic E-state index is -0.326. The molecule has 1 aromatic heterocycles. The summed E-state index contributed by atoms with van der Waals surface area (Å²) in [7, 11) is 1.95. The molecular weight excluding hydrogens is 270 g/mol. The third-order valence-corrected chi connectivity index (χ3v) is 3.46. The normalized spacial score (nSPS) is 12.3. The molecule has 1 unspecified atom stereocenters. The van der Waals surface area contributed by atoms with Crippen LogP contribution in [-0.4, -0.2) is 34.8 Å². The lowest BCUT2D eigenvalue weighted by molar-refractivity contribution is 0.187. The molecule has 1 aromatic carbocycles. The number of nitrogens with two attached hydrogens (primary N) is 1. The van der Waals surface area contributed by atoms with E-state index in [1.807, 2.05) is 42.3 Å². The van der Waals surface area contributed by atoms with Gasteiger partial charge in [-0.15, -0.1) is 0 Å². The quantitative estimate of drug-likeness (QED) is 0.825. The zero-order valence-electron chi connectivity index (χ0n) is 11.7. The van der Waals surface area contributed by atoms with E-state index < -0.39 is 0 Å². The average molecular weight is 289 g/mol. The highest BCUT2D eigenvalue weighted by molar-refractivity contribution is 7.80. The van der Waals surface area contributed by atoms with Gasteiger partial charge in [-0.25, -0.2) is 4.98 Å². The fraction of sp³-hybridized carbons (Fsp3) is 0.333. The number of hydrogen-bond donors (Lipinski definition) is 2. The summed E-state index contributed by atoms with van der Waals surface area (Å²) < 4.78 is 0. The van der Waals surface area contributed by atoms with E-state index in [1.54, 1.807) is 6.92 Å². The molecule has 106 valence electrons. The van der Waals surface area contributed by atoms with Crippen molar-refractivity contribution in [2.24, 2.45) is 5.73 Å². The molecule has 4 nitrogen and oxygen atoms in total. The fourth-order valence-corrected chi connectivity index (χ4v) is 2.22. The van der Waals surface area contributed by atoms with Crippen LogP contribution in [0.15, 0.2) is 30.3 Å². The molecule has 0 aliphatic rings. The Hall–Kier alpha value is -1.72. The summed E-state index contributed by atoms with van der Waals surface area (Å²) in [5.41, 5.74) is 7.53. The Labute approximate surface area is 124 Å². The lowest BCUT2D eigenvalue weighted by Gasteiger charge is -2.20. The van der Waals surface area contributed by atoms with Crippen molar-refractivity contribution in [2.45, 2.75) is 19.4 Å². The predicted molar refractivity (Wildman–Crippen MR) is 87.2 cm³/mol. The number of rotatable bonds is 5. The van der Waals surface area contributed by atoms with Gasteiger partial charge in [-0.3, -0.25) is 0 Å². The molecule has 0 amide bonds. The molecule has 0 aliphatic heterocycles. The Kier molecular flexibility index (Phi) is 4.52. The standard InChI is InChI=1S/C15H19N3OS/c1-10(19)7-8-18(2)14-9-12(15(16)20)11-5-3-4-6-13(11)17-14/h3-6,9-10,19H,7-8H2,1-2H3,(H2,16,20). The molecule has 1 heterocycles. The molecule has 0 saturated carbocycles. The van der Waals surface area contributed by atoms with Crippen LogP contribution in [0.4, 0.5) is 5.82 Å². The van der Waals surface area contributed by atoms with E-state index in [1.165, 1.54) is 0 Å². The number of aromatic nitrogens is 1. The van der Waals surface area contributed by atoms with Crippen molar-refractivity contribution in [3.8, 4) is 0 Å². The number of fused-ring (bicyclic) bond motifs is 1. The monoisotopic (exact) mass is 289 g/mol. The van der Waals surface area contributed by atoms with Crippen LogP contribution in [0.2, 0.25) is 0 Å². The molecule has 0 radical (unpaired) electrons. The van der Waals surface area contributed by atoms with E-state index in [0.717, 1.165) is 28.8 Å². The maximum absolute atomic E-state index is 9.37. The zero-order valence-corrected chi connectivity index (χ0v) is 12.5. The zero-order chi connectivity index (χ0) is 14.7. The molecule has 0 bridgehead atoms.